The molecule has 1 aromatic carbocycles. The molecule has 4 amide bonds. The van der Waals surface area contributed by atoms with Crippen LogP contribution in [0.15, 0.2) is 30.3 Å². The highest BCUT2D eigenvalue weighted by Gasteiger charge is 2.32. The highest BCUT2D eigenvalue weighted by atomic mass is 19.1. The van der Waals surface area contributed by atoms with E-state index in [2.05, 4.69) is 21.3 Å². The molecule has 6 N–H and O–H groups in total. The van der Waals surface area contributed by atoms with Gasteiger partial charge in [-0.1, -0.05) is 30.3 Å². The Bertz CT molecular complexity index is 941. The zero-order valence-electron chi connectivity index (χ0n) is 20.0. The van der Waals surface area contributed by atoms with Gasteiger partial charge in [0.05, 0.1) is 12.6 Å². The number of carboxylic acid groups (broad SMARTS) is 1. The van der Waals surface area contributed by atoms with Gasteiger partial charge in [-0.05, 0) is 18.9 Å². The summed E-state index contributed by atoms with van der Waals surface area (Å²) in [6.45, 7) is 0.472. The molecule has 0 saturated carbocycles. The third kappa shape index (κ3) is 11.0. The van der Waals surface area contributed by atoms with Crippen LogP contribution in [0.3, 0.4) is 0 Å². The number of hydrogen-bond donors (Lipinski definition) is 6. The van der Waals surface area contributed by atoms with Crippen molar-refractivity contribution < 1.29 is 43.4 Å². The van der Waals surface area contributed by atoms with Gasteiger partial charge in [0.15, 0.2) is 5.78 Å². The van der Waals surface area contributed by atoms with E-state index in [4.69, 9.17) is 5.11 Å². The molecule has 1 rings (SSSR count). The molecular weight excluding hydrogens is 479 g/mol. The quantitative estimate of drug-likeness (QED) is 0.166. The number of aliphatic hydroxyl groups excluding tert-OH is 1. The summed E-state index contributed by atoms with van der Waals surface area (Å²) < 4.78 is 12.5. The summed E-state index contributed by atoms with van der Waals surface area (Å²) >= 11 is 0. The highest BCUT2D eigenvalue weighted by Crippen LogP contribution is 2.06. The number of carbonyl (C=O) groups is 6. The molecule has 0 bridgehead atoms. The van der Waals surface area contributed by atoms with Crippen LogP contribution in [0.25, 0.3) is 0 Å². The minimum Gasteiger partial charge on any atom is -0.481 e. The standard InChI is InChI=1S/C23H31FN4O8/c1-13(29)20(28-22(35)17(26-14(2)30)8-9-19(32)33)23(36)27-18(10-15-6-4-3-5-7-15)21(34)25-12-16(31)11-24/h3-7,13,17-18,20,29H,8-12H2,1-2H3,(H,25,34)(H,26,30)(H,27,36)(H,28,35)(H,32,33)/t13-,17+,18+,20+/m1/s1. The van der Waals surface area contributed by atoms with Gasteiger partial charge in [-0.2, -0.15) is 0 Å². The van der Waals surface area contributed by atoms with Gasteiger partial charge >= 0.3 is 5.97 Å². The minimum atomic E-state index is -1.57. The van der Waals surface area contributed by atoms with E-state index >= 15 is 0 Å². The maximum atomic E-state index is 13.0. The lowest BCUT2D eigenvalue weighted by Crippen LogP contribution is -2.60. The molecule has 0 aliphatic rings. The number of ketones is 1. The number of carboxylic acids is 1. The fourth-order valence-corrected chi connectivity index (χ4v) is 3.12. The molecule has 12 nitrogen and oxygen atoms in total. The lowest BCUT2D eigenvalue weighted by Gasteiger charge is -2.26. The molecule has 0 radical (unpaired) electrons. The molecule has 1 aromatic rings. The number of hydrogen-bond acceptors (Lipinski definition) is 7. The second-order valence-corrected chi connectivity index (χ2v) is 8.05. The van der Waals surface area contributed by atoms with Crippen LogP contribution in [0.1, 0.15) is 32.3 Å². The van der Waals surface area contributed by atoms with Crippen molar-refractivity contribution >= 4 is 35.4 Å². The molecule has 0 saturated heterocycles. The Labute approximate surface area is 207 Å². The number of carbonyl (C=O) groups excluding carboxylic acids is 5. The fraction of sp³-hybridized carbons (Fsp3) is 0.478. The van der Waals surface area contributed by atoms with Crippen molar-refractivity contribution in [1.29, 1.82) is 0 Å². The maximum absolute atomic E-state index is 13.0. The van der Waals surface area contributed by atoms with E-state index in [0.29, 0.717) is 5.56 Å². The molecular formula is C23H31FN4O8. The van der Waals surface area contributed by atoms with Crippen molar-refractivity contribution in [2.45, 2.75) is 57.3 Å². The van der Waals surface area contributed by atoms with E-state index in [9.17, 15) is 38.3 Å². The first kappa shape index (κ1) is 30.2. The number of halogens is 1. The third-order valence-corrected chi connectivity index (χ3v) is 4.93. The number of Topliss-reactive ketones (excluding diaryl/α,β-unsaturated/α-hetero) is 1. The average molecular weight is 511 g/mol. The van der Waals surface area contributed by atoms with Gasteiger partial charge in [0.1, 0.15) is 24.8 Å². The maximum Gasteiger partial charge on any atom is 0.303 e. The van der Waals surface area contributed by atoms with Crippen LogP contribution in [0.5, 0.6) is 0 Å². The van der Waals surface area contributed by atoms with Gasteiger partial charge in [0.2, 0.25) is 23.6 Å². The highest BCUT2D eigenvalue weighted by molar-refractivity contribution is 5.95. The van der Waals surface area contributed by atoms with Gasteiger partial charge < -0.3 is 31.5 Å². The smallest absolute Gasteiger partial charge is 0.303 e. The number of amides is 4. The predicted molar refractivity (Wildman–Crippen MR) is 124 cm³/mol. The third-order valence-electron chi connectivity index (χ3n) is 4.93. The molecule has 36 heavy (non-hydrogen) atoms. The molecule has 0 aliphatic heterocycles. The number of nitrogens with one attached hydrogen (secondary N) is 4. The number of aliphatic carboxylic acids is 1. The summed E-state index contributed by atoms with van der Waals surface area (Å²) in [6, 6.07) is 4.42. The van der Waals surface area contributed by atoms with Crippen molar-refractivity contribution in [3.63, 3.8) is 0 Å². The largest absolute Gasteiger partial charge is 0.481 e. The summed E-state index contributed by atoms with van der Waals surface area (Å²) in [7, 11) is 0. The molecule has 0 spiro atoms. The lowest BCUT2D eigenvalue weighted by atomic mass is 10.0. The van der Waals surface area contributed by atoms with Crippen LogP contribution in [0.4, 0.5) is 4.39 Å². The van der Waals surface area contributed by atoms with Crippen molar-refractivity contribution in [1.82, 2.24) is 21.3 Å². The zero-order valence-corrected chi connectivity index (χ0v) is 20.0. The summed E-state index contributed by atoms with van der Waals surface area (Å²) in [5, 5.41) is 28.2. The first-order valence-electron chi connectivity index (χ1n) is 11.1. The van der Waals surface area contributed by atoms with Crippen molar-refractivity contribution in [3.8, 4) is 0 Å². The molecule has 198 valence electrons. The number of rotatable bonds is 15. The molecule has 4 atom stereocenters. The first-order chi connectivity index (χ1) is 16.9. The Kier molecular flexibility index (Phi) is 12.7. The van der Waals surface area contributed by atoms with Crippen molar-refractivity contribution in [3.05, 3.63) is 35.9 Å². The van der Waals surface area contributed by atoms with Crippen LogP contribution >= 0.6 is 0 Å². The monoisotopic (exact) mass is 510 g/mol. The number of alkyl halides is 1. The van der Waals surface area contributed by atoms with Crippen LogP contribution in [0.2, 0.25) is 0 Å². The van der Waals surface area contributed by atoms with E-state index in [0.717, 1.165) is 6.92 Å². The summed E-state index contributed by atoms with van der Waals surface area (Å²) in [5.74, 6) is -5.34. The predicted octanol–water partition coefficient (Wildman–Crippen LogP) is -1.40. The van der Waals surface area contributed by atoms with E-state index in [-0.39, 0.29) is 12.8 Å². The molecule has 0 aromatic heterocycles. The van der Waals surface area contributed by atoms with Crippen LogP contribution in [-0.4, -0.2) is 83.0 Å². The van der Waals surface area contributed by atoms with Crippen LogP contribution in [-0.2, 0) is 35.2 Å². The van der Waals surface area contributed by atoms with Gasteiger partial charge in [-0.25, -0.2) is 4.39 Å². The second-order valence-electron chi connectivity index (χ2n) is 8.05. The van der Waals surface area contributed by atoms with Crippen molar-refractivity contribution in [2.75, 3.05) is 13.2 Å². The van der Waals surface area contributed by atoms with E-state index < -0.39 is 79.3 Å². The molecule has 0 fully saturated rings. The van der Waals surface area contributed by atoms with E-state index in [1.54, 1.807) is 30.3 Å². The van der Waals surface area contributed by atoms with Gasteiger partial charge in [-0.15, -0.1) is 0 Å². The van der Waals surface area contributed by atoms with Gasteiger partial charge in [0.25, 0.3) is 0 Å². The van der Waals surface area contributed by atoms with Crippen molar-refractivity contribution in [2.24, 2.45) is 0 Å². The minimum absolute atomic E-state index is 0.0180. The van der Waals surface area contributed by atoms with Gasteiger partial charge in [0, 0.05) is 19.8 Å². The van der Waals surface area contributed by atoms with Crippen LogP contribution in [0, 0.1) is 0 Å². The van der Waals surface area contributed by atoms with E-state index in [1.807, 2.05) is 0 Å². The van der Waals surface area contributed by atoms with Gasteiger partial charge in [-0.3, -0.25) is 28.8 Å². The Morgan fingerprint density at radius 3 is 2.08 bits per heavy atom. The average Bonchev–Trinajstić information content (AvgIpc) is 2.82. The molecule has 13 heteroatoms. The normalized spacial score (nSPS) is 13.9. The topological polar surface area (TPSA) is 191 Å². The summed E-state index contributed by atoms with van der Waals surface area (Å²) in [4.78, 5) is 71.8. The Hall–Kier alpha value is -3.87. The Morgan fingerprint density at radius 1 is 0.917 bits per heavy atom. The SMILES string of the molecule is CC(=O)N[C@@H](CCC(=O)O)C(=O)N[C@H](C(=O)N[C@@H](Cc1ccccc1)C(=O)NCC(=O)CF)[C@@H](C)O. The Balaban J connectivity index is 3.03. The Morgan fingerprint density at radius 2 is 1.56 bits per heavy atom. The molecule has 0 heterocycles. The second kappa shape index (κ2) is 15.2. The summed E-state index contributed by atoms with van der Waals surface area (Å²) in [5.41, 5.74) is 0.645. The molecule has 0 unspecified atom stereocenters. The fourth-order valence-electron chi connectivity index (χ4n) is 3.12. The van der Waals surface area contributed by atoms with Crippen LogP contribution < -0.4 is 21.3 Å². The first-order valence-corrected chi connectivity index (χ1v) is 11.1. The molecule has 0 aliphatic carbocycles. The number of benzene rings is 1. The summed E-state index contributed by atoms with van der Waals surface area (Å²) in [6.07, 6.45) is -2.17. The lowest BCUT2D eigenvalue weighted by molar-refractivity contribution is -0.138. The van der Waals surface area contributed by atoms with E-state index in [1.165, 1.54) is 6.92 Å². The zero-order chi connectivity index (χ0) is 27.3. The number of aliphatic hydroxyl groups is 1.